The summed E-state index contributed by atoms with van der Waals surface area (Å²) in [7, 11) is 0. The number of nitrogens with two attached hydrogens (primary N) is 1. The summed E-state index contributed by atoms with van der Waals surface area (Å²) in [6, 6.07) is 10.0. The molecule has 0 unspecified atom stereocenters. The number of aryl methyl sites for hydroxylation is 2. The van der Waals surface area contributed by atoms with Gasteiger partial charge in [-0.25, -0.2) is 4.68 Å². The predicted octanol–water partition coefficient (Wildman–Crippen LogP) is 2.33. The summed E-state index contributed by atoms with van der Waals surface area (Å²) >= 11 is 0. The fraction of sp³-hybridized carbons (Fsp3) is 0.333. The van der Waals surface area contributed by atoms with E-state index in [1.165, 1.54) is 0 Å². The molecule has 0 fully saturated rings. The number of aromatic nitrogens is 2. The molecule has 2 aromatic rings. The molecule has 19 heavy (non-hydrogen) atoms. The number of nitriles is 1. The molecule has 2 N–H and O–H groups in total. The number of hydrogen-bond donors (Lipinski definition) is 1. The fourth-order valence-electron chi connectivity index (χ4n) is 2.09. The molecule has 0 bridgehead atoms. The first-order chi connectivity index (χ1) is 9.23. The van der Waals surface area contributed by atoms with Gasteiger partial charge in [-0.05, 0) is 36.6 Å². The van der Waals surface area contributed by atoms with Crippen LogP contribution in [0, 0.1) is 11.3 Å². The zero-order chi connectivity index (χ0) is 13.8. The van der Waals surface area contributed by atoms with E-state index >= 15 is 0 Å². The topological polar surface area (TPSA) is 67.6 Å². The minimum atomic E-state index is 0.439. The highest BCUT2D eigenvalue weighted by Gasteiger charge is 2.11. The van der Waals surface area contributed by atoms with Gasteiger partial charge in [-0.3, -0.25) is 0 Å². The maximum atomic E-state index is 9.30. The molecule has 0 aliphatic heterocycles. The molecule has 2 rings (SSSR count). The van der Waals surface area contributed by atoms with E-state index in [0.717, 1.165) is 35.5 Å². The minimum Gasteiger partial charge on any atom is -0.326 e. The van der Waals surface area contributed by atoms with E-state index in [0.29, 0.717) is 12.1 Å². The molecule has 0 atom stereocenters. The van der Waals surface area contributed by atoms with Crippen molar-refractivity contribution >= 4 is 0 Å². The Morgan fingerprint density at radius 3 is 2.63 bits per heavy atom. The van der Waals surface area contributed by atoms with E-state index in [1.54, 1.807) is 0 Å². The van der Waals surface area contributed by atoms with Crippen molar-refractivity contribution in [2.45, 2.75) is 33.2 Å². The fourth-order valence-corrected chi connectivity index (χ4v) is 2.09. The van der Waals surface area contributed by atoms with Crippen molar-refractivity contribution in [3.8, 4) is 11.8 Å². The van der Waals surface area contributed by atoms with Crippen molar-refractivity contribution in [3.05, 3.63) is 46.8 Å². The lowest BCUT2D eigenvalue weighted by Crippen LogP contribution is -2.05. The third-order valence-corrected chi connectivity index (χ3v) is 3.20. The molecule has 0 aliphatic carbocycles. The lowest BCUT2D eigenvalue weighted by atomic mass is 10.1. The Kier molecular flexibility index (Phi) is 3.98. The zero-order valence-corrected chi connectivity index (χ0v) is 11.3. The van der Waals surface area contributed by atoms with Gasteiger partial charge in [0.05, 0.1) is 16.9 Å². The van der Waals surface area contributed by atoms with Crippen molar-refractivity contribution in [2.24, 2.45) is 5.73 Å². The van der Waals surface area contributed by atoms with Crippen LogP contribution in [0.5, 0.6) is 0 Å². The van der Waals surface area contributed by atoms with Crippen molar-refractivity contribution in [3.63, 3.8) is 0 Å². The highest BCUT2D eigenvalue weighted by Crippen LogP contribution is 2.19. The zero-order valence-electron chi connectivity index (χ0n) is 11.3. The Bertz CT molecular complexity index is 620. The van der Waals surface area contributed by atoms with Crippen LogP contribution in [0.3, 0.4) is 0 Å². The van der Waals surface area contributed by atoms with Gasteiger partial charge in [0.25, 0.3) is 0 Å². The van der Waals surface area contributed by atoms with E-state index in [2.05, 4.69) is 31.1 Å². The molecule has 0 saturated carbocycles. The smallest absolute Gasteiger partial charge is 0.101 e. The first-order valence-electron chi connectivity index (χ1n) is 6.54. The summed E-state index contributed by atoms with van der Waals surface area (Å²) in [5, 5.41) is 13.9. The highest BCUT2D eigenvalue weighted by molar-refractivity contribution is 5.51. The molecule has 4 heteroatoms. The van der Waals surface area contributed by atoms with Gasteiger partial charge in [0.2, 0.25) is 0 Å². The van der Waals surface area contributed by atoms with E-state index in [9.17, 15) is 5.26 Å². The maximum absolute atomic E-state index is 9.30. The molecule has 1 aromatic heterocycles. The van der Waals surface area contributed by atoms with Gasteiger partial charge in [-0.1, -0.05) is 19.9 Å². The van der Waals surface area contributed by atoms with Crippen molar-refractivity contribution in [1.29, 1.82) is 5.26 Å². The van der Waals surface area contributed by atoms with Gasteiger partial charge in [0, 0.05) is 12.2 Å². The van der Waals surface area contributed by atoms with Gasteiger partial charge in [-0.2, -0.15) is 10.4 Å². The van der Waals surface area contributed by atoms with E-state index in [-0.39, 0.29) is 0 Å². The normalized spacial score (nSPS) is 10.4. The van der Waals surface area contributed by atoms with Crippen LogP contribution in [-0.2, 0) is 19.4 Å². The molecule has 0 amide bonds. The second-order valence-electron chi connectivity index (χ2n) is 4.41. The summed E-state index contributed by atoms with van der Waals surface area (Å²) in [6.07, 6.45) is 1.78. The van der Waals surface area contributed by atoms with Crippen LogP contribution in [-0.4, -0.2) is 9.78 Å². The monoisotopic (exact) mass is 254 g/mol. The van der Waals surface area contributed by atoms with Crippen molar-refractivity contribution in [2.75, 3.05) is 0 Å². The van der Waals surface area contributed by atoms with Gasteiger partial charge in [-0.15, -0.1) is 0 Å². The summed E-state index contributed by atoms with van der Waals surface area (Å²) in [6.45, 7) is 4.61. The van der Waals surface area contributed by atoms with Crippen LogP contribution in [0.2, 0.25) is 0 Å². The van der Waals surface area contributed by atoms with E-state index in [1.807, 2.05) is 22.9 Å². The van der Waals surface area contributed by atoms with Gasteiger partial charge < -0.3 is 5.73 Å². The molecule has 0 saturated heterocycles. The Morgan fingerprint density at radius 2 is 2.05 bits per heavy atom. The average molecular weight is 254 g/mol. The van der Waals surface area contributed by atoms with Gasteiger partial charge >= 0.3 is 0 Å². The summed E-state index contributed by atoms with van der Waals surface area (Å²) in [4.78, 5) is 0. The second-order valence-corrected chi connectivity index (χ2v) is 4.41. The van der Waals surface area contributed by atoms with Crippen LogP contribution in [0.1, 0.15) is 36.4 Å². The van der Waals surface area contributed by atoms with Crippen LogP contribution in [0.15, 0.2) is 24.3 Å². The van der Waals surface area contributed by atoms with Gasteiger partial charge in [0.1, 0.15) is 6.07 Å². The number of benzene rings is 1. The summed E-state index contributed by atoms with van der Waals surface area (Å²) in [5.41, 5.74) is 10.2. The third-order valence-electron chi connectivity index (χ3n) is 3.20. The molecule has 98 valence electrons. The Hall–Kier alpha value is -2.12. The van der Waals surface area contributed by atoms with Crippen LogP contribution in [0.25, 0.3) is 5.69 Å². The van der Waals surface area contributed by atoms with Crippen LogP contribution < -0.4 is 5.73 Å². The molecular formula is C15H18N4. The average Bonchev–Trinajstić information content (AvgIpc) is 2.89. The molecular weight excluding hydrogens is 236 g/mol. The van der Waals surface area contributed by atoms with E-state index in [4.69, 9.17) is 5.73 Å². The minimum absolute atomic E-state index is 0.439. The molecule has 1 aromatic carbocycles. The SMILES string of the molecule is CCc1cc(CC)n(-c2ccc(CN)cc2C#N)n1. The lowest BCUT2D eigenvalue weighted by molar-refractivity contribution is 0.791. The van der Waals surface area contributed by atoms with Gasteiger partial charge in [0.15, 0.2) is 0 Å². The summed E-state index contributed by atoms with van der Waals surface area (Å²) < 4.78 is 1.87. The third kappa shape index (κ3) is 2.51. The predicted molar refractivity (Wildman–Crippen MR) is 74.9 cm³/mol. The largest absolute Gasteiger partial charge is 0.326 e. The highest BCUT2D eigenvalue weighted by atomic mass is 15.3. The molecule has 1 heterocycles. The lowest BCUT2D eigenvalue weighted by Gasteiger charge is -2.09. The quantitative estimate of drug-likeness (QED) is 0.910. The van der Waals surface area contributed by atoms with Crippen molar-refractivity contribution in [1.82, 2.24) is 9.78 Å². The number of hydrogen-bond acceptors (Lipinski definition) is 3. The Balaban J connectivity index is 2.58. The molecule has 0 radical (unpaired) electrons. The second kappa shape index (κ2) is 5.68. The molecule has 4 nitrogen and oxygen atoms in total. The Morgan fingerprint density at radius 1 is 1.26 bits per heavy atom. The number of rotatable bonds is 4. The van der Waals surface area contributed by atoms with Crippen LogP contribution in [0.4, 0.5) is 0 Å². The van der Waals surface area contributed by atoms with Crippen LogP contribution >= 0.6 is 0 Å². The molecule has 0 spiro atoms. The Labute approximate surface area is 113 Å². The number of nitrogens with zero attached hydrogens (tertiary/aromatic N) is 3. The first-order valence-corrected chi connectivity index (χ1v) is 6.54. The summed E-state index contributed by atoms with van der Waals surface area (Å²) in [5.74, 6) is 0. The molecule has 0 aliphatic rings. The maximum Gasteiger partial charge on any atom is 0.101 e. The van der Waals surface area contributed by atoms with E-state index < -0.39 is 0 Å². The first kappa shape index (κ1) is 13.3. The standard InChI is InChI=1S/C15H18N4/c1-3-13-8-14(4-2)19(18-13)15-6-5-11(9-16)7-12(15)10-17/h5-8H,3-4,9,16H2,1-2H3. The van der Waals surface area contributed by atoms with Crippen molar-refractivity contribution < 1.29 is 0 Å².